The molecule has 4 heterocycles. The van der Waals surface area contributed by atoms with E-state index in [4.69, 9.17) is 0 Å². The third-order valence-electron chi connectivity index (χ3n) is 4.79. The number of hydrogen-bond donors (Lipinski definition) is 2. The standard InChI is InChI=1S/C17H17N5O5S/c1-28(26,27)11-2-5-14(18-8-11)20-17(25)22-10-6-7-21(9-10)13-4-3-12(16(23)24)19-15(13)22/h2-5,8,10H,6-7,9H2,1H3,(H,23,24)(H,18,20,25)/t10-/m0/s1. The Morgan fingerprint density at radius 1 is 1.25 bits per heavy atom. The van der Waals surface area contributed by atoms with Crippen LogP contribution >= 0.6 is 0 Å². The van der Waals surface area contributed by atoms with Crippen molar-refractivity contribution in [2.45, 2.75) is 17.4 Å². The van der Waals surface area contributed by atoms with Gasteiger partial charge < -0.3 is 10.0 Å². The maximum absolute atomic E-state index is 12.9. The lowest BCUT2D eigenvalue weighted by Crippen LogP contribution is -2.48. The average Bonchev–Trinajstić information content (AvgIpc) is 3.05. The summed E-state index contributed by atoms with van der Waals surface area (Å²) in [7, 11) is -3.39. The number of hydrogen-bond acceptors (Lipinski definition) is 7. The molecule has 4 rings (SSSR count). The fourth-order valence-corrected chi connectivity index (χ4v) is 3.99. The zero-order valence-corrected chi connectivity index (χ0v) is 15.7. The van der Waals surface area contributed by atoms with Crippen molar-refractivity contribution in [3.05, 3.63) is 36.2 Å². The van der Waals surface area contributed by atoms with E-state index in [1.165, 1.54) is 29.3 Å². The molecule has 2 aromatic rings. The number of pyridine rings is 2. The molecular weight excluding hydrogens is 386 g/mol. The largest absolute Gasteiger partial charge is 0.477 e. The molecule has 0 aliphatic carbocycles. The van der Waals surface area contributed by atoms with Crippen LogP contribution in [0.1, 0.15) is 16.9 Å². The van der Waals surface area contributed by atoms with Gasteiger partial charge in [-0.1, -0.05) is 0 Å². The number of amides is 2. The second-order valence-electron chi connectivity index (χ2n) is 6.68. The molecule has 146 valence electrons. The minimum Gasteiger partial charge on any atom is -0.477 e. The Hall–Kier alpha value is -3.21. The molecule has 1 atom stereocenters. The number of aromatic carboxylic acids is 1. The zero-order valence-electron chi connectivity index (χ0n) is 14.9. The number of nitrogens with one attached hydrogen (secondary N) is 1. The highest BCUT2D eigenvalue weighted by Gasteiger charge is 2.40. The number of anilines is 3. The van der Waals surface area contributed by atoms with Crippen LogP contribution in [0.4, 0.5) is 22.1 Å². The number of urea groups is 1. The summed E-state index contributed by atoms with van der Waals surface area (Å²) in [6.07, 6.45) is 2.98. The molecular formula is C17H17N5O5S. The van der Waals surface area contributed by atoms with Gasteiger partial charge in [0.2, 0.25) is 0 Å². The normalized spacial score (nSPS) is 18.0. The van der Waals surface area contributed by atoms with E-state index in [-0.39, 0.29) is 22.4 Å². The Balaban J connectivity index is 1.64. The summed E-state index contributed by atoms with van der Waals surface area (Å²) in [6, 6.07) is 5.21. The summed E-state index contributed by atoms with van der Waals surface area (Å²) in [5.41, 5.74) is 0.559. The fraction of sp³-hybridized carbons (Fsp3) is 0.294. The van der Waals surface area contributed by atoms with Crippen molar-refractivity contribution in [2.24, 2.45) is 0 Å². The van der Waals surface area contributed by atoms with Crippen molar-refractivity contribution in [3.63, 3.8) is 0 Å². The summed E-state index contributed by atoms with van der Waals surface area (Å²) in [4.78, 5) is 35.9. The molecule has 2 aromatic heterocycles. The van der Waals surface area contributed by atoms with Crippen molar-refractivity contribution in [1.29, 1.82) is 0 Å². The summed E-state index contributed by atoms with van der Waals surface area (Å²) in [6.45, 7) is 1.38. The summed E-state index contributed by atoms with van der Waals surface area (Å²) in [5, 5.41) is 11.9. The Labute approximate surface area is 160 Å². The monoisotopic (exact) mass is 403 g/mol. The van der Waals surface area contributed by atoms with E-state index in [1.807, 2.05) is 0 Å². The molecule has 28 heavy (non-hydrogen) atoms. The van der Waals surface area contributed by atoms with Gasteiger partial charge in [0.25, 0.3) is 0 Å². The smallest absolute Gasteiger partial charge is 0.354 e. The van der Waals surface area contributed by atoms with Gasteiger partial charge in [0.1, 0.15) is 5.82 Å². The van der Waals surface area contributed by atoms with E-state index in [0.717, 1.165) is 19.2 Å². The van der Waals surface area contributed by atoms with Gasteiger partial charge in [0.05, 0.1) is 16.6 Å². The van der Waals surface area contributed by atoms with Crippen LogP contribution in [0.5, 0.6) is 0 Å². The highest BCUT2D eigenvalue weighted by molar-refractivity contribution is 7.90. The maximum Gasteiger partial charge on any atom is 0.354 e. The molecule has 10 nitrogen and oxygen atoms in total. The molecule has 0 saturated carbocycles. The van der Waals surface area contributed by atoms with Crippen LogP contribution in [0.3, 0.4) is 0 Å². The molecule has 0 radical (unpaired) electrons. The molecule has 0 unspecified atom stereocenters. The van der Waals surface area contributed by atoms with Crippen LogP contribution in [0.25, 0.3) is 0 Å². The summed E-state index contributed by atoms with van der Waals surface area (Å²) in [5.74, 6) is -0.693. The zero-order chi connectivity index (χ0) is 20.1. The number of carbonyl (C=O) groups excluding carboxylic acids is 1. The molecule has 2 bridgehead atoms. The topological polar surface area (TPSA) is 133 Å². The highest BCUT2D eigenvalue weighted by Crippen LogP contribution is 2.39. The fourth-order valence-electron chi connectivity index (χ4n) is 3.43. The Bertz CT molecular complexity index is 1070. The van der Waals surface area contributed by atoms with Gasteiger partial charge >= 0.3 is 12.0 Å². The first-order valence-corrected chi connectivity index (χ1v) is 10.4. The number of aromatic nitrogens is 2. The first kappa shape index (κ1) is 18.2. The molecule has 11 heteroatoms. The van der Waals surface area contributed by atoms with E-state index < -0.39 is 21.8 Å². The number of carboxylic acids is 1. The number of fused-ring (bicyclic) bond motifs is 4. The van der Waals surface area contributed by atoms with Crippen LogP contribution in [0.15, 0.2) is 35.4 Å². The van der Waals surface area contributed by atoms with Gasteiger partial charge in [-0.15, -0.1) is 0 Å². The number of nitrogens with zero attached hydrogens (tertiary/aromatic N) is 4. The lowest BCUT2D eigenvalue weighted by Gasteiger charge is -2.35. The third-order valence-corrected chi connectivity index (χ3v) is 5.89. The predicted molar refractivity (Wildman–Crippen MR) is 101 cm³/mol. The maximum atomic E-state index is 12.9. The molecule has 2 N–H and O–H groups in total. The van der Waals surface area contributed by atoms with Crippen molar-refractivity contribution in [3.8, 4) is 0 Å². The Morgan fingerprint density at radius 3 is 2.68 bits per heavy atom. The van der Waals surface area contributed by atoms with Gasteiger partial charge in [-0.25, -0.2) is 28.0 Å². The summed E-state index contributed by atoms with van der Waals surface area (Å²) < 4.78 is 23.1. The summed E-state index contributed by atoms with van der Waals surface area (Å²) >= 11 is 0. The Morgan fingerprint density at radius 2 is 2.04 bits per heavy atom. The number of rotatable bonds is 3. The van der Waals surface area contributed by atoms with Crippen molar-refractivity contribution >= 4 is 39.2 Å². The predicted octanol–water partition coefficient (Wildman–Crippen LogP) is 1.21. The second kappa shape index (κ2) is 6.44. The molecule has 0 spiro atoms. The highest BCUT2D eigenvalue weighted by atomic mass is 32.2. The molecule has 2 aliphatic rings. The van der Waals surface area contributed by atoms with Crippen molar-refractivity contribution < 1.29 is 23.1 Å². The number of carboxylic acid groups (broad SMARTS) is 1. The van der Waals surface area contributed by atoms with E-state index in [9.17, 15) is 23.1 Å². The molecule has 2 aliphatic heterocycles. The van der Waals surface area contributed by atoms with E-state index >= 15 is 0 Å². The van der Waals surface area contributed by atoms with Crippen LogP contribution in [-0.2, 0) is 9.84 Å². The Kier molecular flexibility index (Phi) is 4.18. The third kappa shape index (κ3) is 3.13. The number of carbonyl (C=O) groups is 2. The lowest BCUT2D eigenvalue weighted by molar-refractivity contribution is 0.0690. The van der Waals surface area contributed by atoms with Crippen LogP contribution < -0.4 is 15.1 Å². The molecule has 1 saturated heterocycles. The first-order chi connectivity index (χ1) is 13.2. The van der Waals surface area contributed by atoms with Crippen LogP contribution in [0.2, 0.25) is 0 Å². The lowest BCUT2D eigenvalue weighted by atomic mass is 10.2. The number of sulfone groups is 1. The van der Waals surface area contributed by atoms with Crippen LogP contribution in [-0.4, -0.2) is 60.9 Å². The van der Waals surface area contributed by atoms with Gasteiger partial charge in [0, 0.05) is 25.5 Å². The van der Waals surface area contributed by atoms with E-state index in [2.05, 4.69) is 20.2 Å². The SMILES string of the molecule is CS(=O)(=O)c1ccc(NC(=O)N2c3nc(C(=O)O)ccc3N3CC[C@H]2C3)nc1. The molecule has 2 amide bonds. The van der Waals surface area contributed by atoms with E-state index in [0.29, 0.717) is 18.1 Å². The van der Waals surface area contributed by atoms with E-state index in [1.54, 1.807) is 6.07 Å². The minimum absolute atomic E-state index is 0.0491. The van der Waals surface area contributed by atoms with Crippen molar-refractivity contribution in [2.75, 3.05) is 34.5 Å². The average molecular weight is 403 g/mol. The van der Waals surface area contributed by atoms with Gasteiger partial charge in [-0.05, 0) is 30.7 Å². The minimum atomic E-state index is -3.39. The van der Waals surface area contributed by atoms with Crippen molar-refractivity contribution in [1.82, 2.24) is 9.97 Å². The second-order valence-corrected chi connectivity index (χ2v) is 8.70. The van der Waals surface area contributed by atoms with Gasteiger partial charge in [-0.3, -0.25) is 10.2 Å². The van der Waals surface area contributed by atoms with Crippen LogP contribution in [0, 0.1) is 0 Å². The first-order valence-electron chi connectivity index (χ1n) is 8.49. The van der Waals surface area contributed by atoms with Gasteiger partial charge in [-0.2, -0.15) is 0 Å². The van der Waals surface area contributed by atoms with Gasteiger partial charge in [0.15, 0.2) is 21.3 Å². The molecule has 0 aromatic carbocycles. The molecule has 1 fully saturated rings. The quantitative estimate of drug-likeness (QED) is 0.781.